The SMILES string of the molecule is CCn1ccnc1COc1cc(OC)ccc1C(C)NC. The van der Waals surface area contributed by atoms with Crippen molar-refractivity contribution < 1.29 is 9.47 Å². The number of ether oxygens (including phenoxy) is 2. The predicted octanol–water partition coefficient (Wildman–Crippen LogP) is 2.77. The fourth-order valence-electron chi connectivity index (χ4n) is 2.19. The first-order valence-corrected chi connectivity index (χ1v) is 7.17. The number of benzene rings is 1. The molecule has 0 radical (unpaired) electrons. The molecule has 0 aliphatic heterocycles. The van der Waals surface area contributed by atoms with E-state index >= 15 is 0 Å². The zero-order chi connectivity index (χ0) is 15.2. The van der Waals surface area contributed by atoms with E-state index in [-0.39, 0.29) is 6.04 Å². The molecular formula is C16H23N3O2. The lowest BCUT2D eigenvalue weighted by Crippen LogP contribution is -2.14. The van der Waals surface area contributed by atoms with Crippen LogP contribution in [-0.4, -0.2) is 23.7 Å². The standard InChI is InChI=1S/C16H23N3O2/c1-5-19-9-8-18-16(19)11-21-15-10-13(20-4)6-7-14(15)12(2)17-3/h6-10,12,17H,5,11H2,1-4H3. The van der Waals surface area contributed by atoms with Gasteiger partial charge in [-0.25, -0.2) is 4.98 Å². The maximum Gasteiger partial charge on any atom is 0.146 e. The highest BCUT2D eigenvalue weighted by Crippen LogP contribution is 2.30. The second kappa shape index (κ2) is 7.13. The Morgan fingerprint density at radius 1 is 1.38 bits per heavy atom. The first-order valence-electron chi connectivity index (χ1n) is 7.17. The summed E-state index contributed by atoms with van der Waals surface area (Å²) in [6.07, 6.45) is 3.76. The second-order valence-electron chi connectivity index (χ2n) is 4.83. The zero-order valence-corrected chi connectivity index (χ0v) is 13.1. The molecule has 1 aromatic carbocycles. The van der Waals surface area contributed by atoms with Gasteiger partial charge in [-0.15, -0.1) is 0 Å². The Kier molecular flexibility index (Phi) is 5.22. The van der Waals surface area contributed by atoms with Crippen LogP contribution in [0.15, 0.2) is 30.6 Å². The van der Waals surface area contributed by atoms with Crippen molar-refractivity contribution in [1.29, 1.82) is 0 Å². The first-order chi connectivity index (χ1) is 10.2. The molecule has 1 aromatic heterocycles. The molecule has 0 saturated carbocycles. The van der Waals surface area contributed by atoms with E-state index in [0.717, 1.165) is 29.4 Å². The molecule has 0 saturated heterocycles. The number of hydrogen-bond acceptors (Lipinski definition) is 4. The van der Waals surface area contributed by atoms with E-state index in [1.807, 2.05) is 31.4 Å². The van der Waals surface area contributed by atoms with Gasteiger partial charge in [-0.1, -0.05) is 6.07 Å². The number of nitrogens with one attached hydrogen (secondary N) is 1. The lowest BCUT2D eigenvalue weighted by Gasteiger charge is -2.17. The number of hydrogen-bond donors (Lipinski definition) is 1. The molecule has 0 amide bonds. The van der Waals surface area contributed by atoms with Crippen LogP contribution >= 0.6 is 0 Å². The van der Waals surface area contributed by atoms with Crippen LogP contribution in [0.25, 0.3) is 0 Å². The lowest BCUT2D eigenvalue weighted by atomic mass is 10.1. The Balaban J connectivity index is 2.20. The van der Waals surface area contributed by atoms with E-state index in [9.17, 15) is 0 Å². The molecular weight excluding hydrogens is 266 g/mol. The Morgan fingerprint density at radius 3 is 2.86 bits per heavy atom. The van der Waals surface area contributed by atoms with E-state index in [0.29, 0.717) is 6.61 Å². The van der Waals surface area contributed by atoms with E-state index < -0.39 is 0 Å². The van der Waals surface area contributed by atoms with Gasteiger partial charge in [0, 0.05) is 36.6 Å². The maximum atomic E-state index is 5.99. The topological polar surface area (TPSA) is 48.3 Å². The van der Waals surface area contributed by atoms with Gasteiger partial charge in [0.25, 0.3) is 0 Å². The summed E-state index contributed by atoms with van der Waals surface area (Å²) in [5, 5.41) is 3.23. The smallest absolute Gasteiger partial charge is 0.146 e. The van der Waals surface area contributed by atoms with Crippen molar-refractivity contribution in [2.45, 2.75) is 33.0 Å². The fourth-order valence-corrected chi connectivity index (χ4v) is 2.19. The molecule has 2 rings (SSSR count). The molecule has 21 heavy (non-hydrogen) atoms. The van der Waals surface area contributed by atoms with Gasteiger partial charge in [-0.3, -0.25) is 0 Å². The molecule has 1 heterocycles. The Bertz CT molecular complexity index is 581. The van der Waals surface area contributed by atoms with Crippen LogP contribution in [0, 0.1) is 0 Å². The minimum atomic E-state index is 0.205. The van der Waals surface area contributed by atoms with Crippen molar-refractivity contribution in [3.8, 4) is 11.5 Å². The van der Waals surface area contributed by atoms with Crippen molar-refractivity contribution in [2.24, 2.45) is 0 Å². The van der Waals surface area contributed by atoms with Gasteiger partial charge < -0.3 is 19.4 Å². The molecule has 0 aliphatic rings. The predicted molar refractivity (Wildman–Crippen MR) is 82.7 cm³/mol. The highest BCUT2D eigenvalue weighted by atomic mass is 16.5. The first kappa shape index (κ1) is 15.4. The quantitative estimate of drug-likeness (QED) is 0.851. The minimum Gasteiger partial charge on any atom is -0.497 e. The molecule has 2 aromatic rings. The third kappa shape index (κ3) is 3.55. The number of aryl methyl sites for hydroxylation is 1. The highest BCUT2D eigenvalue weighted by Gasteiger charge is 2.12. The molecule has 5 heteroatoms. The van der Waals surface area contributed by atoms with Gasteiger partial charge in [0.2, 0.25) is 0 Å². The molecule has 0 fully saturated rings. The highest BCUT2D eigenvalue weighted by molar-refractivity contribution is 5.42. The third-order valence-corrected chi connectivity index (χ3v) is 3.62. The summed E-state index contributed by atoms with van der Waals surface area (Å²) in [6.45, 7) is 5.51. The van der Waals surface area contributed by atoms with Crippen molar-refractivity contribution in [3.63, 3.8) is 0 Å². The maximum absolute atomic E-state index is 5.99. The van der Waals surface area contributed by atoms with Crippen LogP contribution in [0.2, 0.25) is 0 Å². The van der Waals surface area contributed by atoms with Crippen LogP contribution < -0.4 is 14.8 Å². The summed E-state index contributed by atoms with van der Waals surface area (Å²) in [5.41, 5.74) is 1.10. The fraction of sp³-hybridized carbons (Fsp3) is 0.438. The largest absolute Gasteiger partial charge is 0.497 e. The van der Waals surface area contributed by atoms with Crippen molar-refractivity contribution in [2.75, 3.05) is 14.2 Å². The van der Waals surface area contributed by atoms with Crippen LogP contribution in [0.4, 0.5) is 0 Å². The summed E-state index contributed by atoms with van der Waals surface area (Å²) in [5.74, 6) is 2.53. The molecule has 1 N–H and O–H groups in total. The van der Waals surface area contributed by atoms with E-state index in [1.165, 1.54) is 0 Å². The third-order valence-electron chi connectivity index (χ3n) is 3.62. The van der Waals surface area contributed by atoms with Crippen molar-refractivity contribution >= 4 is 0 Å². The van der Waals surface area contributed by atoms with Gasteiger partial charge in [0.05, 0.1) is 7.11 Å². The van der Waals surface area contributed by atoms with Crippen LogP contribution in [0.5, 0.6) is 11.5 Å². The normalized spacial score (nSPS) is 12.2. The molecule has 0 aliphatic carbocycles. The van der Waals surface area contributed by atoms with Crippen LogP contribution in [0.1, 0.15) is 31.3 Å². The summed E-state index contributed by atoms with van der Waals surface area (Å²) in [4.78, 5) is 4.33. The van der Waals surface area contributed by atoms with Gasteiger partial charge in [-0.05, 0) is 27.0 Å². The van der Waals surface area contributed by atoms with E-state index in [2.05, 4.69) is 28.7 Å². The monoisotopic (exact) mass is 289 g/mol. The minimum absolute atomic E-state index is 0.205. The molecule has 5 nitrogen and oxygen atoms in total. The van der Waals surface area contributed by atoms with Crippen LogP contribution in [0.3, 0.4) is 0 Å². The van der Waals surface area contributed by atoms with Crippen molar-refractivity contribution in [1.82, 2.24) is 14.9 Å². The number of methoxy groups -OCH3 is 1. The van der Waals surface area contributed by atoms with Gasteiger partial charge >= 0.3 is 0 Å². The number of nitrogens with zero attached hydrogens (tertiary/aromatic N) is 2. The van der Waals surface area contributed by atoms with E-state index in [4.69, 9.17) is 9.47 Å². The molecule has 114 valence electrons. The van der Waals surface area contributed by atoms with Gasteiger partial charge in [-0.2, -0.15) is 0 Å². The molecule has 0 spiro atoms. The Morgan fingerprint density at radius 2 is 2.19 bits per heavy atom. The van der Waals surface area contributed by atoms with Crippen molar-refractivity contribution in [3.05, 3.63) is 42.0 Å². The average molecular weight is 289 g/mol. The molecule has 0 bridgehead atoms. The number of imidazole rings is 1. The van der Waals surface area contributed by atoms with Crippen LogP contribution in [-0.2, 0) is 13.2 Å². The summed E-state index contributed by atoms with van der Waals surface area (Å²) in [7, 11) is 3.59. The van der Waals surface area contributed by atoms with Gasteiger partial charge in [0.15, 0.2) is 0 Å². The number of aromatic nitrogens is 2. The summed E-state index contributed by atoms with van der Waals surface area (Å²) < 4.78 is 13.3. The molecule has 1 unspecified atom stereocenters. The van der Waals surface area contributed by atoms with Gasteiger partial charge in [0.1, 0.15) is 23.9 Å². The summed E-state index contributed by atoms with van der Waals surface area (Å²) >= 11 is 0. The second-order valence-corrected chi connectivity index (χ2v) is 4.83. The number of rotatable bonds is 7. The lowest BCUT2D eigenvalue weighted by molar-refractivity contribution is 0.282. The van der Waals surface area contributed by atoms with E-state index in [1.54, 1.807) is 13.3 Å². The average Bonchev–Trinajstić information content (AvgIpc) is 2.99. The Labute approximate surface area is 125 Å². The Hall–Kier alpha value is -2.01. The zero-order valence-electron chi connectivity index (χ0n) is 13.1. The molecule has 1 atom stereocenters. The summed E-state index contributed by atoms with van der Waals surface area (Å²) in [6, 6.07) is 6.10.